The van der Waals surface area contributed by atoms with Crippen LogP contribution in [0.5, 0.6) is 0 Å². The predicted molar refractivity (Wildman–Crippen MR) is 90.1 cm³/mol. The van der Waals surface area contributed by atoms with Crippen LogP contribution in [0.1, 0.15) is 30.5 Å². The summed E-state index contributed by atoms with van der Waals surface area (Å²) in [7, 11) is 0. The average Bonchev–Trinajstić information content (AvgIpc) is 3.05. The number of benzene rings is 1. The van der Waals surface area contributed by atoms with Crippen LogP contribution in [0.3, 0.4) is 0 Å². The minimum Gasteiger partial charge on any atom is -0.324 e. The van der Waals surface area contributed by atoms with Gasteiger partial charge in [0.2, 0.25) is 0 Å². The van der Waals surface area contributed by atoms with Gasteiger partial charge < -0.3 is 4.57 Å². The van der Waals surface area contributed by atoms with E-state index in [2.05, 4.69) is 16.9 Å². The molecule has 0 aliphatic carbocycles. The first kappa shape index (κ1) is 17.2. The van der Waals surface area contributed by atoms with Crippen LogP contribution in [-0.2, 0) is 6.42 Å². The van der Waals surface area contributed by atoms with Gasteiger partial charge in [-0.15, -0.1) is 0 Å². The Bertz CT molecular complexity index is 825. The summed E-state index contributed by atoms with van der Waals surface area (Å²) < 4.78 is 40.0. The lowest BCUT2D eigenvalue weighted by atomic mass is 10.0. The molecule has 3 aromatic rings. The maximum atomic E-state index is 12.7. The number of nitrogens with zero attached hydrogens (tertiary/aromatic N) is 3. The zero-order chi connectivity index (χ0) is 17.9. The summed E-state index contributed by atoms with van der Waals surface area (Å²) in [6, 6.07) is 10.4. The predicted octanol–water partition coefficient (Wildman–Crippen LogP) is 5.05. The monoisotopic (exact) mass is 345 g/mol. The van der Waals surface area contributed by atoms with E-state index in [0.717, 1.165) is 12.0 Å². The molecule has 2 heterocycles. The number of rotatable bonds is 5. The number of hydrogen-bond donors (Lipinski definition) is 0. The molecule has 1 atom stereocenters. The van der Waals surface area contributed by atoms with Crippen molar-refractivity contribution in [3.8, 4) is 11.4 Å². The minimum absolute atomic E-state index is 0.0479. The third kappa shape index (κ3) is 4.07. The third-order valence-corrected chi connectivity index (χ3v) is 4.07. The second-order valence-corrected chi connectivity index (χ2v) is 5.86. The molecular weight excluding hydrogens is 327 g/mol. The molecule has 3 nitrogen and oxygen atoms in total. The van der Waals surface area contributed by atoms with Crippen LogP contribution in [0.15, 0.2) is 61.2 Å². The Labute approximate surface area is 144 Å². The molecule has 0 bridgehead atoms. The maximum absolute atomic E-state index is 12.7. The summed E-state index contributed by atoms with van der Waals surface area (Å²) in [4.78, 5) is 8.42. The quantitative estimate of drug-likeness (QED) is 0.648. The zero-order valence-corrected chi connectivity index (χ0v) is 13.7. The van der Waals surface area contributed by atoms with E-state index in [-0.39, 0.29) is 11.6 Å². The fourth-order valence-corrected chi connectivity index (χ4v) is 3.02. The van der Waals surface area contributed by atoms with Crippen molar-refractivity contribution in [2.24, 2.45) is 0 Å². The van der Waals surface area contributed by atoms with Crippen LogP contribution < -0.4 is 0 Å². The van der Waals surface area contributed by atoms with Crippen molar-refractivity contribution in [2.45, 2.75) is 32.0 Å². The van der Waals surface area contributed by atoms with Crippen LogP contribution in [0, 0.1) is 0 Å². The van der Waals surface area contributed by atoms with Gasteiger partial charge in [0.15, 0.2) is 0 Å². The molecule has 0 amide bonds. The summed E-state index contributed by atoms with van der Waals surface area (Å²) >= 11 is 0. The van der Waals surface area contributed by atoms with Crippen molar-refractivity contribution in [3.05, 3.63) is 72.3 Å². The molecule has 1 aromatic carbocycles. The number of imidazole rings is 1. The molecule has 130 valence electrons. The van der Waals surface area contributed by atoms with Gasteiger partial charge in [-0.2, -0.15) is 13.2 Å². The van der Waals surface area contributed by atoms with E-state index in [1.807, 2.05) is 22.9 Å². The van der Waals surface area contributed by atoms with Crippen LogP contribution >= 0.6 is 0 Å². The topological polar surface area (TPSA) is 30.7 Å². The van der Waals surface area contributed by atoms with Gasteiger partial charge in [0.05, 0.1) is 12.5 Å². The molecule has 2 aromatic heterocycles. The van der Waals surface area contributed by atoms with Crippen LogP contribution in [-0.4, -0.2) is 20.7 Å². The largest absolute Gasteiger partial charge is 0.393 e. The van der Waals surface area contributed by atoms with Gasteiger partial charge in [-0.1, -0.05) is 25.1 Å². The Hall–Kier alpha value is -2.63. The van der Waals surface area contributed by atoms with Crippen LogP contribution in [0.4, 0.5) is 13.2 Å². The lowest BCUT2D eigenvalue weighted by molar-refractivity contribution is -0.127. The summed E-state index contributed by atoms with van der Waals surface area (Å²) in [5, 5.41) is 0. The lowest BCUT2D eigenvalue weighted by Gasteiger charge is -2.20. The highest BCUT2D eigenvalue weighted by molar-refractivity contribution is 5.57. The van der Waals surface area contributed by atoms with E-state index in [1.54, 1.807) is 36.8 Å². The van der Waals surface area contributed by atoms with Gasteiger partial charge in [-0.05, 0) is 35.7 Å². The zero-order valence-electron chi connectivity index (χ0n) is 13.7. The van der Waals surface area contributed by atoms with Crippen molar-refractivity contribution >= 4 is 0 Å². The van der Waals surface area contributed by atoms with Crippen LogP contribution in [0.2, 0.25) is 0 Å². The summed E-state index contributed by atoms with van der Waals surface area (Å²) in [6.07, 6.45) is 2.67. The first-order valence-corrected chi connectivity index (χ1v) is 8.07. The Kier molecular flexibility index (Phi) is 4.88. The molecule has 0 fully saturated rings. The standard InChI is InChI=1S/C19H18F3N3/c1-2-17(15-6-8-23-9-7-15)25-11-10-24-18(25)16-5-3-4-14(12-16)13-19(20,21)22/h3-12,17H,2,13H2,1H3. The van der Waals surface area contributed by atoms with Gasteiger partial charge >= 0.3 is 6.18 Å². The highest BCUT2D eigenvalue weighted by atomic mass is 19.4. The van der Waals surface area contributed by atoms with E-state index in [9.17, 15) is 13.2 Å². The highest BCUT2D eigenvalue weighted by Gasteiger charge is 2.27. The molecule has 0 saturated heterocycles. The number of aromatic nitrogens is 3. The van der Waals surface area contributed by atoms with Crippen molar-refractivity contribution in [1.29, 1.82) is 0 Å². The molecule has 6 heteroatoms. The van der Waals surface area contributed by atoms with E-state index < -0.39 is 12.6 Å². The fourth-order valence-electron chi connectivity index (χ4n) is 3.02. The number of pyridine rings is 1. The fraction of sp³-hybridized carbons (Fsp3) is 0.263. The van der Waals surface area contributed by atoms with E-state index in [0.29, 0.717) is 11.4 Å². The summed E-state index contributed by atoms with van der Waals surface area (Å²) in [5.74, 6) is 0.660. The molecule has 0 aliphatic heterocycles. The van der Waals surface area contributed by atoms with Gasteiger partial charge in [-0.25, -0.2) is 4.98 Å². The van der Waals surface area contributed by atoms with E-state index in [4.69, 9.17) is 0 Å². The van der Waals surface area contributed by atoms with Crippen molar-refractivity contribution < 1.29 is 13.2 Å². The SMILES string of the molecule is CCC(c1ccncc1)n1ccnc1-c1cccc(CC(F)(F)F)c1. The molecule has 0 radical (unpaired) electrons. The maximum Gasteiger partial charge on any atom is 0.393 e. The van der Waals surface area contributed by atoms with Crippen LogP contribution in [0.25, 0.3) is 11.4 Å². The van der Waals surface area contributed by atoms with E-state index >= 15 is 0 Å². The molecule has 1 unspecified atom stereocenters. The minimum atomic E-state index is -4.23. The Morgan fingerprint density at radius 1 is 1.08 bits per heavy atom. The Morgan fingerprint density at radius 3 is 2.52 bits per heavy atom. The smallest absolute Gasteiger partial charge is 0.324 e. The highest BCUT2D eigenvalue weighted by Crippen LogP contribution is 2.29. The van der Waals surface area contributed by atoms with Gasteiger partial charge in [-0.3, -0.25) is 4.98 Å². The first-order chi connectivity index (χ1) is 12.0. The molecule has 0 spiro atoms. The number of hydrogen-bond acceptors (Lipinski definition) is 2. The normalized spacial score (nSPS) is 13.0. The molecular formula is C19H18F3N3. The summed E-state index contributed by atoms with van der Waals surface area (Å²) in [5.41, 5.74) is 2.00. The average molecular weight is 345 g/mol. The van der Waals surface area contributed by atoms with Crippen molar-refractivity contribution in [3.63, 3.8) is 0 Å². The molecule has 0 N–H and O–H groups in total. The second-order valence-electron chi connectivity index (χ2n) is 5.86. The van der Waals surface area contributed by atoms with Gasteiger partial charge in [0.1, 0.15) is 5.82 Å². The third-order valence-electron chi connectivity index (χ3n) is 4.07. The Balaban J connectivity index is 1.98. The number of halogens is 3. The van der Waals surface area contributed by atoms with Gasteiger partial charge in [0, 0.05) is 30.4 Å². The van der Waals surface area contributed by atoms with Gasteiger partial charge in [0.25, 0.3) is 0 Å². The molecule has 0 aliphatic rings. The number of alkyl halides is 3. The summed E-state index contributed by atoms with van der Waals surface area (Å²) in [6.45, 7) is 2.06. The first-order valence-electron chi connectivity index (χ1n) is 8.07. The van der Waals surface area contributed by atoms with E-state index in [1.165, 1.54) is 6.07 Å². The lowest BCUT2D eigenvalue weighted by Crippen LogP contribution is -2.12. The molecule has 0 saturated carbocycles. The van der Waals surface area contributed by atoms with Crippen molar-refractivity contribution in [1.82, 2.24) is 14.5 Å². The molecule has 3 rings (SSSR count). The Morgan fingerprint density at radius 2 is 1.84 bits per heavy atom. The second kappa shape index (κ2) is 7.09. The van der Waals surface area contributed by atoms with Crippen molar-refractivity contribution in [2.75, 3.05) is 0 Å². The molecule has 25 heavy (non-hydrogen) atoms.